The smallest absolute Gasteiger partial charge is 0.321 e. The average Bonchev–Trinajstić information content (AvgIpc) is 2.64. The third-order valence-electron chi connectivity index (χ3n) is 4.73. The zero-order valence-electron chi connectivity index (χ0n) is 15.5. The lowest BCUT2D eigenvalue weighted by molar-refractivity contribution is 0.208. The molecule has 138 valence electrons. The molecule has 0 saturated carbocycles. The van der Waals surface area contributed by atoms with E-state index in [0.29, 0.717) is 13.1 Å². The van der Waals surface area contributed by atoms with Gasteiger partial charge < -0.3 is 20.0 Å². The van der Waals surface area contributed by atoms with Crippen LogP contribution in [0.25, 0.3) is 0 Å². The van der Waals surface area contributed by atoms with Crippen LogP contribution in [0, 0.1) is 12.7 Å². The van der Waals surface area contributed by atoms with E-state index in [1.807, 2.05) is 43.0 Å². The normalized spacial score (nSPS) is 14.3. The van der Waals surface area contributed by atoms with Crippen molar-refractivity contribution in [3.8, 4) is 0 Å². The van der Waals surface area contributed by atoms with Crippen molar-refractivity contribution in [1.82, 2.24) is 4.90 Å². The number of carbonyl (C=O) groups excluding carboxylic acids is 1. The molecule has 0 aliphatic carbocycles. The van der Waals surface area contributed by atoms with Crippen molar-refractivity contribution in [3.63, 3.8) is 0 Å². The molecule has 0 radical (unpaired) electrons. The number of hydrogen-bond acceptors (Lipinski definition) is 3. The Labute approximate surface area is 154 Å². The molecule has 2 aromatic rings. The van der Waals surface area contributed by atoms with Gasteiger partial charge in [-0.05, 0) is 55.0 Å². The number of rotatable bonds is 3. The number of amides is 2. The Morgan fingerprint density at radius 2 is 1.69 bits per heavy atom. The summed E-state index contributed by atoms with van der Waals surface area (Å²) in [7, 11) is 3.99. The van der Waals surface area contributed by atoms with E-state index in [9.17, 15) is 9.18 Å². The number of hydrogen-bond donors (Lipinski definition) is 1. The zero-order valence-corrected chi connectivity index (χ0v) is 15.5. The Morgan fingerprint density at radius 3 is 2.27 bits per heavy atom. The fourth-order valence-corrected chi connectivity index (χ4v) is 3.08. The molecule has 0 unspecified atom stereocenters. The summed E-state index contributed by atoms with van der Waals surface area (Å²) in [5, 5.41) is 3.01. The highest BCUT2D eigenvalue weighted by Crippen LogP contribution is 2.22. The van der Waals surface area contributed by atoms with Crippen LogP contribution in [0.1, 0.15) is 5.56 Å². The summed E-state index contributed by atoms with van der Waals surface area (Å²) in [5.74, 6) is -0.234. The van der Waals surface area contributed by atoms with Gasteiger partial charge >= 0.3 is 6.03 Å². The third kappa shape index (κ3) is 4.07. The first kappa shape index (κ1) is 18.0. The molecule has 0 bridgehead atoms. The van der Waals surface area contributed by atoms with Gasteiger partial charge in [0.2, 0.25) is 0 Å². The number of urea groups is 1. The van der Waals surface area contributed by atoms with Gasteiger partial charge in [0, 0.05) is 57.3 Å². The van der Waals surface area contributed by atoms with Gasteiger partial charge in [-0.15, -0.1) is 0 Å². The van der Waals surface area contributed by atoms with Gasteiger partial charge in [0.05, 0.1) is 0 Å². The van der Waals surface area contributed by atoms with Gasteiger partial charge in [-0.25, -0.2) is 9.18 Å². The van der Waals surface area contributed by atoms with Crippen molar-refractivity contribution in [3.05, 3.63) is 53.8 Å². The molecule has 5 nitrogen and oxygen atoms in total. The largest absolute Gasteiger partial charge is 0.378 e. The molecule has 2 amide bonds. The van der Waals surface area contributed by atoms with Crippen LogP contribution >= 0.6 is 0 Å². The van der Waals surface area contributed by atoms with Crippen LogP contribution in [0.4, 0.5) is 26.2 Å². The summed E-state index contributed by atoms with van der Waals surface area (Å²) in [6.45, 7) is 4.74. The first-order valence-electron chi connectivity index (χ1n) is 8.78. The quantitative estimate of drug-likeness (QED) is 0.914. The van der Waals surface area contributed by atoms with Crippen molar-refractivity contribution in [2.24, 2.45) is 0 Å². The van der Waals surface area contributed by atoms with E-state index in [1.165, 1.54) is 12.1 Å². The maximum Gasteiger partial charge on any atom is 0.321 e. The predicted molar refractivity (Wildman–Crippen MR) is 105 cm³/mol. The van der Waals surface area contributed by atoms with Gasteiger partial charge in [0.15, 0.2) is 0 Å². The van der Waals surface area contributed by atoms with Crippen LogP contribution < -0.4 is 15.1 Å². The second kappa shape index (κ2) is 7.64. The molecule has 0 atom stereocenters. The van der Waals surface area contributed by atoms with E-state index in [-0.39, 0.29) is 11.8 Å². The lowest BCUT2D eigenvalue weighted by Gasteiger charge is -2.36. The van der Waals surface area contributed by atoms with Crippen molar-refractivity contribution in [2.75, 3.05) is 55.4 Å². The van der Waals surface area contributed by atoms with Crippen LogP contribution in [-0.2, 0) is 0 Å². The lowest BCUT2D eigenvalue weighted by Crippen LogP contribution is -2.50. The van der Waals surface area contributed by atoms with Crippen molar-refractivity contribution >= 4 is 23.1 Å². The topological polar surface area (TPSA) is 38.8 Å². The Balaban J connectivity index is 1.58. The molecule has 6 heteroatoms. The van der Waals surface area contributed by atoms with E-state index >= 15 is 0 Å². The fraction of sp³-hybridized carbons (Fsp3) is 0.350. The van der Waals surface area contributed by atoms with E-state index in [2.05, 4.69) is 16.3 Å². The number of nitrogens with one attached hydrogen (secondary N) is 1. The first-order valence-corrected chi connectivity index (χ1v) is 8.78. The summed E-state index contributed by atoms with van der Waals surface area (Å²) >= 11 is 0. The Morgan fingerprint density at radius 1 is 1.04 bits per heavy atom. The van der Waals surface area contributed by atoms with Crippen LogP contribution in [-0.4, -0.2) is 51.2 Å². The maximum atomic E-state index is 13.0. The number of piperazine rings is 1. The number of benzene rings is 2. The molecule has 3 rings (SSSR count). The summed E-state index contributed by atoms with van der Waals surface area (Å²) in [6.07, 6.45) is 0. The fourth-order valence-electron chi connectivity index (χ4n) is 3.08. The molecule has 1 aliphatic rings. The SMILES string of the molecule is Cc1cc(N(C)C)ccc1NC(=O)N1CCN(c2ccc(F)cc2)CC1. The van der Waals surface area contributed by atoms with Gasteiger partial charge in [-0.1, -0.05) is 0 Å². The van der Waals surface area contributed by atoms with Crippen molar-refractivity contribution in [2.45, 2.75) is 6.92 Å². The number of aryl methyl sites for hydroxylation is 1. The van der Waals surface area contributed by atoms with Gasteiger partial charge in [-0.2, -0.15) is 0 Å². The van der Waals surface area contributed by atoms with E-state index in [1.54, 1.807) is 12.1 Å². The minimum Gasteiger partial charge on any atom is -0.378 e. The second-order valence-corrected chi connectivity index (χ2v) is 6.77. The van der Waals surface area contributed by atoms with Crippen molar-refractivity contribution < 1.29 is 9.18 Å². The second-order valence-electron chi connectivity index (χ2n) is 6.77. The highest BCUT2D eigenvalue weighted by molar-refractivity contribution is 5.90. The molecule has 1 fully saturated rings. The minimum atomic E-state index is -0.234. The summed E-state index contributed by atoms with van der Waals surface area (Å²) in [4.78, 5) is 18.6. The number of halogens is 1. The van der Waals surface area contributed by atoms with Crippen LogP contribution in [0.5, 0.6) is 0 Å². The highest BCUT2D eigenvalue weighted by atomic mass is 19.1. The number of carbonyl (C=O) groups is 1. The van der Waals surface area contributed by atoms with E-state index in [0.717, 1.165) is 35.7 Å². The zero-order chi connectivity index (χ0) is 18.7. The standard InChI is InChI=1S/C20H25FN4O/c1-15-14-18(23(2)3)8-9-19(15)22-20(26)25-12-10-24(11-13-25)17-6-4-16(21)5-7-17/h4-9,14H,10-13H2,1-3H3,(H,22,26). The predicted octanol–water partition coefficient (Wildman–Crippen LogP) is 3.55. The van der Waals surface area contributed by atoms with Gasteiger partial charge in [0.1, 0.15) is 5.82 Å². The third-order valence-corrected chi connectivity index (χ3v) is 4.73. The molecule has 1 aliphatic heterocycles. The molecule has 26 heavy (non-hydrogen) atoms. The Bertz CT molecular complexity index is 768. The summed E-state index contributed by atoms with van der Waals surface area (Å²) in [6, 6.07) is 12.4. The van der Waals surface area contributed by atoms with Crippen LogP contribution in [0.15, 0.2) is 42.5 Å². The maximum absolute atomic E-state index is 13.0. The van der Waals surface area contributed by atoms with E-state index < -0.39 is 0 Å². The van der Waals surface area contributed by atoms with Crippen LogP contribution in [0.3, 0.4) is 0 Å². The summed E-state index contributed by atoms with van der Waals surface area (Å²) in [5.41, 5.74) is 3.96. The molecule has 2 aromatic carbocycles. The summed E-state index contributed by atoms with van der Waals surface area (Å²) < 4.78 is 13.0. The molecule has 0 aromatic heterocycles. The molecule has 1 heterocycles. The van der Waals surface area contributed by atoms with Gasteiger partial charge in [-0.3, -0.25) is 0 Å². The number of anilines is 3. The lowest BCUT2D eigenvalue weighted by atomic mass is 10.1. The van der Waals surface area contributed by atoms with Crippen molar-refractivity contribution in [1.29, 1.82) is 0 Å². The molecule has 1 saturated heterocycles. The Kier molecular flexibility index (Phi) is 5.30. The van der Waals surface area contributed by atoms with Crippen LogP contribution in [0.2, 0.25) is 0 Å². The average molecular weight is 356 g/mol. The number of nitrogens with zero attached hydrogens (tertiary/aromatic N) is 3. The van der Waals surface area contributed by atoms with E-state index in [4.69, 9.17) is 0 Å². The Hall–Kier alpha value is -2.76. The molecular formula is C20H25FN4O. The minimum absolute atomic E-state index is 0.0792. The molecular weight excluding hydrogens is 331 g/mol. The molecule has 1 N–H and O–H groups in total. The van der Waals surface area contributed by atoms with Gasteiger partial charge in [0.25, 0.3) is 0 Å². The molecule has 0 spiro atoms. The first-order chi connectivity index (χ1) is 12.4. The monoisotopic (exact) mass is 356 g/mol. The highest BCUT2D eigenvalue weighted by Gasteiger charge is 2.21.